The van der Waals surface area contributed by atoms with Crippen LogP contribution in [0.15, 0.2) is 42.5 Å². The highest BCUT2D eigenvalue weighted by Gasteiger charge is 2.49. The minimum atomic E-state index is -0.248. The first kappa shape index (κ1) is 18.1. The highest BCUT2D eigenvalue weighted by molar-refractivity contribution is 5.95. The van der Waals surface area contributed by atoms with Gasteiger partial charge in [-0.05, 0) is 44.5 Å². The molecule has 2 saturated heterocycles. The van der Waals surface area contributed by atoms with Crippen molar-refractivity contribution in [1.29, 1.82) is 0 Å². The molecule has 2 aromatic rings. The van der Waals surface area contributed by atoms with E-state index in [4.69, 9.17) is 9.47 Å². The van der Waals surface area contributed by atoms with E-state index < -0.39 is 0 Å². The first-order valence-electron chi connectivity index (χ1n) is 9.57. The van der Waals surface area contributed by atoms with Crippen LogP contribution < -0.4 is 0 Å². The molecule has 1 spiro atoms. The number of ether oxygens (including phenoxy) is 2. The van der Waals surface area contributed by atoms with Crippen molar-refractivity contribution < 1.29 is 14.3 Å². The minimum absolute atomic E-state index is 0.0833. The fourth-order valence-electron chi connectivity index (χ4n) is 3.98. The van der Waals surface area contributed by atoms with Crippen LogP contribution in [0, 0.1) is 13.8 Å². The number of pyridine rings is 1. The zero-order valence-electron chi connectivity index (χ0n) is 16.0. The van der Waals surface area contributed by atoms with Crippen LogP contribution in [0.1, 0.15) is 40.2 Å². The lowest BCUT2D eigenvalue weighted by atomic mass is 9.84. The molecule has 0 aliphatic carbocycles. The van der Waals surface area contributed by atoms with Crippen LogP contribution in [0.25, 0.3) is 0 Å². The Hall–Kier alpha value is -2.24. The molecule has 0 unspecified atom stereocenters. The topological polar surface area (TPSA) is 51.7 Å². The fraction of sp³-hybridized carbons (Fsp3) is 0.455. The molecule has 2 aliphatic heterocycles. The second kappa shape index (κ2) is 7.41. The number of hydrogen-bond acceptors (Lipinski definition) is 4. The van der Waals surface area contributed by atoms with E-state index in [1.54, 1.807) is 0 Å². The number of carbonyl (C=O) groups is 1. The van der Waals surface area contributed by atoms with Crippen LogP contribution in [-0.4, -0.2) is 47.2 Å². The Morgan fingerprint density at radius 2 is 2.07 bits per heavy atom. The largest absolute Gasteiger partial charge is 0.372 e. The van der Waals surface area contributed by atoms with E-state index in [9.17, 15) is 4.79 Å². The van der Waals surface area contributed by atoms with Crippen LogP contribution >= 0.6 is 0 Å². The van der Waals surface area contributed by atoms with Crippen LogP contribution in [0.4, 0.5) is 0 Å². The number of carbonyl (C=O) groups excluding carboxylic acids is 1. The third kappa shape index (κ3) is 4.04. The lowest BCUT2D eigenvalue weighted by Gasteiger charge is -2.53. The number of amides is 1. The second-order valence-electron chi connectivity index (χ2n) is 7.76. The Bertz CT molecular complexity index is 830. The van der Waals surface area contributed by atoms with E-state index in [1.807, 2.05) is 61.2 Å². The molecule has 1 atom stereocenters. The Morgan fingerprint density at radius 3 is 2.85 bits per heavy atom. The molecule has 0 N–H and O–H groups in total. The maximum absolute atomic E-state index is 12.7. The molecule has 2 aliphatic rings. The third-order valence-corrected chi connectivity index (χ3v) is 5.37. The monoisotopic (exact) mass is 366 g/mol. The molecule has 0 bridgehead atoms. The SMILES string of the molecule is Cc1cccc(C(=O)N2CC3(C[C@@H](OCc4cccc(C)n4)CCO3)C2)c1. The van der Waals surface area contributed by atoms with Gasteiger partial charge < -0.3 is 14.4 Å². The summed E-state index contributed by atoms with van der Waals surface area (Å²) >= 11 is 0. The van der Waals surface area contributed by atoms with Crippen molar-refractivity contribution in [3.8, 4) is 0 Å². The van der Waals surface area contributed by atoms with Crippen molar-refractivity contribution >= 4 is 5.91 Å². The summed E-state index contributed by atoms with van der Waals surface area (Å²) in [6, 6.07) is 13.7. The van der Waals surface area contributed by atoms with Gasteiger partial charge in [0.2, 0.25) is 0 Å². The van der Waals surface area contributed by atoms with Gasteiger partial charge in [-0.3, -0.25) is 9.78 Å². The average molecular weight is 366 g/mol. The molecule has 0 radical (unpaired) electrons. The Balaban J connectivity index is 1.32. The molecular weight excluding hydrogens is 340 g/mol. The molecule has 1 aromatic heterocycles. The molecule has 4 rings (SSSR count). The van der Waals surface area contributed by atoms with Crippen molar-refractivity contribution in [2.24, 2.45) is 0 Å². The van der Waals surface area contributed by atoms with E-state index in [1.165, 1.54) is 0 Å². The van der Waals surface area contributed by atoms with Crippen LogP contribution in [0.3, 0.4) is 0 Å². The summed E-state index contributed by atoms with van der Waals surface area (Å²) < 4.78 is 12.2. The number of aromatic nitrogens is 1. The minimum Gasteiger partial charge on any atom is -0.372 e. The normalized spacial score (nSPS) is 21.1. The second-order valence-corrected chi connectivity index (χ2v) is 7.76. The highest BCUT2D eigenvalue weighted by Crippen LogP contribution is 2.36. The number of benzene rings is 1. The number of aryl methyl sites for hydroxylation is 2. The van der Waals surface area contributed by atoms with Gasteiger partial charge in [0.05, 0.1) is 31.5 Å². The van der Waals surface area contributed by atoms with Crippen molar-refractivity contribution in [3.05, 3.63) is 65.0 Å². The quantitative estimate of drug-likeness (QED) is 0.833. The molecule has 2 fully saturated rings. The summed E-state index contributed by atoms with van der Waals surface area (Å²) in [5.74, 6) is 0.0833. The van der Waals surface area contributed by atoms with E-state index in [0.717, 1.165) is 35.4 Å². The highest BCUT2D eigenvalue weighted by atomic mass is 16.5. The maximum Gasteiger partial charge on any atom is 0.254 e. The van der Waals surface area contributed by atoms with E-state index in [0.29, 0.717) is 26.3 Å². The molecule has 5 nitrogen and oxygen atoms in total. The number of rotatable bonds is 4. The Labute approximate surface area is 160 Å². The summed E-state index contributed by atoms with van der Waals surface area (Å²) in [5.41, 5.74) is 3.56. The molecule has 142 valence electrons. The molecule has 1 aromatic carbocycles. The van der Waals surface area contributed by atoms with E-state index in [-0.39, 0.29) is 17.6 Å². The van der Waals surface area contributed by atoms with Crippen molar-refractivity contribution in [2.45, 2.75) is 45.0 Å². The zero-order chi connectivity index (χ0) is 18.9. The van der Waals surface area contributed by atoms with Gasteiger partial charge in [0.1, 0.15) is 5.60 Å². The van der Waals surface area contributed by atoms with Crippen molar-refractivity contribution in [2.75, 3.05) is 19.7 Å². The zero-order valence-corrected chi connectivity index (χ0v) is 16.0. The molecule has 0 saturated carbocycles. The van der Waals surface area contributed by atoms with Crippen LogP contribution in [-0.2, 0) is 16.1 Å². The smallest absolute Gasteiger partial charge is 0.254 e. The predicted molar refractivity (Wildman–Crippen MR) is 103 cm³/mol. The van der Waals surface area contributed by atoms with Gasteiger partial charge in [0, 0.05) is 24.3 Å². The molecule has 27 heavy (non-hydrogen) atoms. The fourth-order valence-corrected chi connectivity index (χ4v) is 3.98. The molecule has 5 heteroatoms. The Kier molecular flexibility index (Phi) is 4.98. The standard InChI is InChI=1S/C22H26N2O3/c1-16-5-3-7-18(11-16)21(25)24-14-22(15-24)12-20(9-10-27-22)26-13-19-8-4-6-17(2)23-19/h3-8,11,20H,9-10,12-15H2,1-2H3/t20-/m0/s1. The van der Waals surface area contributed by atoms with Gasteiger partial charge in [-0.15, -0.1) is 0 Å². The average Bonchev–Trinajstić information content (AvgIpc) is 2.64. The Morgan fingerprint density at radius 1 is 1.26 bits per heavy atom. The number of hydrogen-bond donors (Lipinski definition) is 0. The van der Waals surface area contributed by atoms with Crippen molar-refractivity contribution in [1.82, 2.24) is 9.88 Å². The first-order chi connectivity index (χ1) is 13.0. The van der Waals surface area contributed by atoms with Gasteiger partial charge in [-0.25, -0.2) is 0 Å². The maximum atomic E-state index is 12.7. The summed E-state index contributed by atoms with van der Waals surface area (Å²) in [6.45, 7) is 6.47. The van der Waals surface area contributed by atoms with Gasteiger partial charge in [-0.2, -0.15) is 0 Å². The van der Waals surface area contributed by atoms with Gasteiger partial charge in [0.15, 0.2) is 0 Å². The predicted octanol–water partition coefficient (Wildman–Crippen LogP) is 3.29. The summed E-state index contributed by atoms with van der Waals surface area (Å²) in [4.78, 5) is 19.0. The lowest BCUT2D eigenvalue weighted by Crippen LogP contribution is -2.67. The van der Waals surface area contributed by atoms with Gasteiger partial charge in [0.25, 0.3) is 5.91 Å². The summed E-state index contributed by atoms with van der Waals surface area (Å²) in [6.07, 6.45) is 1.87. The molecule has 1 amide bonds. The number of likely N-dealkylation sites (tertiary alicyclic amines) is 1. The van der Waals surface area contributed by atoms with E-state index >= 15 is 0 Å². The summed E-state index contributed by atoms with van der Waals surface area (Å²) in [7, 11) is 0. The van der Waals surface area contributed by atoms with Crippen molar-refractivity contribution in [3.63, 3.8) is 0 Å². The van der Waals surface area contributed by atoms with Crippen LogP contribution in [0.2, 0.25) is 0 Å². The number of nitrogens with zero attached hydrogens (tertiary/aromatic N) is 2. The van der Waals surface area contributed by atoms with E-state index in [2.05, 4.69) is 4.98 Å². The molecule has 3 heterocycles. The summed E-state index contributed by atoms with van der Waals surface area (Å²) in [5, 5.41) is 0. The van der Waals surface area contributed by atoms with Gasteiger partial charge >= 0.3 is 0 Å². The van der Waals surface area contributed by atoms with Crippen LogP contribution in [0.5, 0.6) is 0 Å². The molecular formula is C22H26N2O3. The van der Waals surface area contributed by atoms with Gasteiger partial charge in [-0.1, -0.05) is 23.8 Å². The third-order valence-electron chi connectivity index (χ3n) is 5.37. The lowest BCUT2D eigenvalue weighted by molar-refractivity contribution is -0.188. The first-order valence-corrected chi connectivity index (χ1v) is 9.57.